The average Bonchev–Trinajstić information content (AvgIpc) is 3.14. The van der Waals surface area contributed by atoms with Gasteiger partial charge in [0.1, 0.15) is 17.2 Å². The number of anilines is 1. The van der Waals surface area contributed by atoms with Gasteiger partial charge in [0, 0.05) is 9.92 Å². The monoisotopic (exact) mass is 458 g/mol. The Hall–Kier alpha value is -2.94. The maximum Gasteiger partial charge on any atom is 0.270 e. The third-order valence-corrected chi connectivity index (χ3v) is 5.55. The van der Waals surface area contributed by atoms with Crippen LogP contribution in [0.25, 0.3) is 6.08 Å². The molecule has 0 saturated carbocycles. The number of benzene rings is 2. The number of hydrogen-bond acceptors (Lipinski definition) is 5. The van der Waals surface area contributed by atoms with Gasteiger partial charge in [-0.1, -0.05) is 29.4 Å². The van der Waals surface area contributed by atoms with E-state index in [4.69, 9.17) is 28.2 Å². The Morgan fingerprint density at radius 3 is 2.60 bits per heavy atom. The summed E-state index contributed by atoms with van der Waals surface area (Å²) in [5.74, 6) is -1.53. The molecule has 0 radical (unpaired) electrons. The number of carbonyl (C=O) groups is 2. The minimum Gasteiger partial charge on any atom is -0.450 e. The summed E-state index contributed by atoms with van der Waals surface area (Å²) in [5, 5.41) is 3.53. The second-order valence-electron chi connectivity index (χ2n) is 6.15. The van der Waals surface area contributed by atoms with Crippen molar-refractivity contribution in [1.29, 1.82) is 0 Å². The molecular formula is C21H12ClFN2O3S2. The van der Waals surface area contributed by atoms with Crippen LogP contribution in [0.1, 0.15) is 5.76 Å². The van der Waals surface area contributed by atoms with Gasteiger partial charge in [0.25, 0.3) is 11.8 Å². The van der Waals surface area contributed by atoms with Gasteiger partial charge in [-0.2, -0.15) is 0 Å². The fourth-order valence-electron chi connectivity index (χ4n) is 2.74. The molecule has 30 heavy (non-hydrogen) atoms. The molecule has 1 aliphatic rings. The number of furan rings is 1. The lowest BCUT2D eigenvalue weighted by Gasteiger charge is -2.28. The predicted octanol–water partition coefficient (Wildman–Crippen LogP) is 5.05. The van der Waals surface area contributed by atoms with Crippen LogP contribution in [0.15, 0.2) is 80.6 Å². The van der Waals surface area contributed by atoms with Crippen molar-refractivity contribution < 1.29 is 18.4 Å². The van der Waals surface area contributed by atoms with E-state index in [0.29, 0.717) is 15.9 Å². The molecule has 2 heterocycles. The van der Waals surface area contributed by atoms with Crippen molar-refractivity contribution in [3.8, 4) is 0 Å². The fourth-order valence-corrected chi connectivity index (χ4v) is 3.92. The fraction of sp³-hybridized carbons (Fsp3) is 0. The highest BCUT2D eigenvalue weighted by Gasteiger charge is 2.34. The highest BCUT2D eigenvalue weighted by molar-refractivity contribution is 7.99. The Labute approximate surface area is 185 Å². The van der Waals surface area contributed by atoms with Crippen molar-refractivity contribution in [3.05, 3.63) is 82.8 Å². The van der Waals surface area contributed by atoms with Gasteiger partial charge in [0.15, 0.2) is 10.2 Å². The molecule has 3 aromatic rings. The van der Waals surface area contributed by atoms with E-state index in [1.54, 1.807) is 24.3 Å². The number of nitrogens with zero attached hydrogens (tertiary/aromatic N) is 1. The normalized spacial score (nSPS) is 15.6. The number of thiocarbonyl (C=S) groups is 1. The third kappa shape index (κ3) is 4.30. The average molecular weight is 459 g/mol. The highest BCUT2D eigenvalue weighted by atomic mass is 35.5. The number of amides is 2. The number of carbonyl (C=O) groups excluding carboxylic acids is 2. The van der Waals surface area contributed by atoms with E-state index in [1.807, 2.05) is 12.1 Å². The lowest BCUT2D eigenvalue weighted by atomic mass is 10.1. The van der Waals surface area contributed by atoms with E-state index in [2.05, 4.69) is 5.32 Å². The summed E-state index contributed by atoms with van der Waals surface area (Å²) in [6.07, 6.45) is 1.33. The molecule has 1 aliphatic heterocycles. The summed E-state index contributed by atoms with van der Waals surface area (Å²) >= 11 is 12.4. The molecule has 1 N–H and O–H groups in total. The van der Waals surface area contributed by atoms with Crippen molar-refractivity contribution in [2.45, 2.75) is 9.99 Å². The van der Waals surface area contributed by atoms with Gasteiger partial charge in [-0.25, -0.2) is 4.39 Å². The number of rotatable bonds is 4. The first-order valence-electron chi connectivity index (χ1n) is 8.61. The summed E-state index contributed by atoms with van der Waals surface area (Å²) in [5.41, 5.74) is 0.0413. The van der Waals surface area contributed by atoms with Crippen molar-refractivity contribution >= 4 is 64.3 Å². The van der Waals surface area contributed by atoms with Gasteiger partial charge in [0.2, 0.25) is 0 Å². The molecule has 1 saturated heterocycles. The van der Waals surface area contributed by atoms with Crippen molar-refractivity contribution in [1.82, 2.24) is 5.32 Å². The van der Waals surface area contributed by atoms with E-state index in [-0.39, 0.29) is 16.4 Å². The first-order chi connectivity index (χ1) is 14.4. The van der Waals surface area contributed by atoms with Crippen LogP contribution in [0.4, 0.5) is 10.1 Å². The maximum absolute atomic E-state index is 13.6. The van der Waals surface area contributed by atoms with Gasteiger partial charge < -0.3 is 4.42 Å². The summed E-state index contributed by atoms with van der Waals surface area (Å²) < 4.78 is 19.3. The summed E-state index contributed by atoms with van der Waals surface area (Å²) in [6, 6.07) is 16.0. The second kappa shape index (κ2) is 8.43. The van der Waals surface area contributed by atoms with Crippen LogP contribution < -0.4 is 10.2 Å². The SMILES string of the molecule is O=C1NC(=S)N(c2cccc(F)c2)C(=O)/C1=C\c1ccc(Sc2ccc(Cl)cc2)o1. The van der Waals surface area contributed by atoms with E-state index in [1.165, 1.54) is 36.0 Å². The molecule has 0 bridgehead atoms. The first-order valence-corrected chi connectivity index (χ1v) is 10.2. The Morgan fingerprint density at radius 2 is 1.87 bits per heavy atom. The number of hydrogen-bond donors (Lipinski definition) is 1. The first kappa shape index (κ1) is 20.3. The van der Waals surface area contributed by atoms with Crippen LogP contribution in [0.2, 0.25) is 5.02 Å². The Kier molecular flexibility index (Phi) is 5.72. The van der Waals surface area contributed by atoms with Crippen molar-refractivity contribution in [3.63, 3.8) is 0 Å². The third-order valence-electron chi connectivity index (χ3n) is 4.09. The summed E-state index contributed by atoms with van der Waals surface area (Å²) in [6.45, 7) is 0. The molecule has 0 aliphatic carbocycles. The quantitative estimate of drug-likeness (QED) is 0.336. The second-order valence-corrected chi connectivity index (χ2v) is 8.05. The van der Waals surface area contributed by atoms with Gasteiger partial charge in [0.05, 0.1) is 5.69 Å². The smallest absolute Gasteiger partial charge is 0.270 e. The molecule has 5 nitrogen and oxygen atoms in total. The molecule has 0 unspecified atom stereocenters. The number of nitrogens with one attached hydrogen (secondary N) is 1. The molecule has 4 rings (SSSR count). The highest BCUT2D eigenvalue weighted by Crippen LogP contribution is 2.31. The standard InChI is InChI=1S/C21H12ClFN2O3S2/c22-12-4-7-16(8-5-12)30-18-9-6-15(28-18)11-17-19(26)24-21(29)25(20(17)27)14-3-1-2-13(23)10-14/h1-11H,(H,24,26,29)/b17-11-. The summed E-state index contributed by atoms with van der Waals surface area (Å²) in [4.78, 5) is 27.3. The molecule has 1 aromatic heterocycles. The van der Waals surface area contributed by atoms with E-state index < -0.39 is 17.6 Å². The minimum atomic E-state index is -0.669. The zero-order valence-electron chi connectivity index (χ0n) is 15.1. The molecule has 1 fully saturated rings. The summed E-state index contributed by atoms with van der Waals surface area (Å²) in [7, 11) is 0. The van der Waals surface area contributed by atoms with Crippen molar-refractivity contribution in [2.75, 3.05) is 4.90 Å². The minimum absolute atomic E-state index is 0.119. The van der Waals surface area contributed by atoms with Gasteiger partial charge in [-0.3, -0.25) is 19.8 Å². The van der Waals surface area contributed by atoms with Gasteiger partial charge >= 0.3 is 0 Å². The zero-order valence-corrected chi connectivity index (χ0v) is 17.5. The van der Waals surface area contributed by atoms with Crippen LogP contribution in [0.3, 0.4) is 0 Å². The van der Waals surface area contributed by atoms with Gasteiger partial charge in [-0.05, 0) is 72.9 Å². The molecule has 150 valence electrons. The predicted molar refractivity (Wildman–Crippen MR) is 117 cm³/mol. The Morgan fingerprint density at radius 1 is 1.10 bits per heavy atom. The molecular weight excluding hydrogens is 447 g/mol. The number of halogens is 2. The Bertz CT molecular complexity index is 1190. The van der Waals surface area contributed by atoms with Crippen LogP contribution in [0, 0.1) is 5.82 Å². The van der Waals surface area contributed by atoms with Crippen LogP contribution >= 0.6 is 35.6 Å². The van der Waals surface area contributed by atoms with Crippen molar-refractivity contribution in [2.24, 2.45) is 0 Å². The molecule has 0 atom stereocenters. The van der Waals surface area contributed by atoms with Crippen LogP contribution in [-0.2, 0) is 9.59 Å². The zero-order chi connectivity index (χ0) is 21.3. The largest absolute Gasteiger partial charge is 0.450 e. The Balaban J connectivity index is 1.60. The van der Waals surface area contributed by atoms with E-state index in [0.717, 1.165) is 15.9 Å². The topological polar surface area (TPSA) is 62.6 Å². The van der Waals surface area contributed by atoms with Gasteiger partial charge in [-0.15, -0.1) is 0 Å². The van der Waals surface area contributed by atoms with E-state index >= 15 is 0 Å². The molecule has 0 spiro atoms. The lowest BCUT2D eigenvalue weighted by molar-refractivity contribution is -0.122. The molecule has 2 aromatic carbocycles. The molecule has 9 heteroatoms. The van der Waals surface area contributed by atoms with E-state index in [9.17, 15) is 14.0 Å². The van der Waals surface area contributed by atoms with Crippen LogP contribution in [0.5, 0.6) is 0 Å². The lowest BCUT2D eigenvalue weighted by Crippen LogP contribution is -2.54. The maximum atomic E-state index is 13.6. The van der Waals surface area contributed by atoms with Crippen LogP contribution in [-0.4, -0.2) is 16.9 Å². The molecule has 2 amide bonds.